The Balaban J connectivity index is 1.08. The quantitative estimate of drug-likeness (QED) is 0.0453. The van der Waals surface area contributed by atoms with E-state index in [1.165, 1.54) is 84.9 Å². The van der Waals surface area contributed by atoms with Crippen LogP contribution in [0.1, 0.15) is 89.8 Å². The molecule has 10 rings (SSSR count). The summed E-state index contributed by atoms with van der Waals surface area (Å²) in [5.74, 6) is -7.96. The second-order valence-corrected chi connectivity index (χ2v) is 19.1. The first-order valence-electron chi connectivity index (χ1n) is 24.5. The monoisotopic (exact) mass is 1120 g/mol. The number of esters is 5. The van der Waals surface area contributed by atoms with E-state index in [9.17, 15) is 43.2 Å². The predicted octanol–water partition coefficient (Wildman–Crippen LogP) is 6.64. The zero-order chi connectivity index (χ0) is 54.6. The van der Waals surface area contributed by atoms with Gasteiger partial charge in [-0.1, -0.05) is 113 Å². The maximum atomic E-state index is 14.7. The number of alkyl halides is 1. The fraction of sp³-hybridized carbons (Fsp3) is 0.224. The van der Waals surface area contributed by atoms with E-state index >= 15 is 0 Å². The molecule has 0 spiro atoms. The number of imide groups is 2. The largest absolute Gasteiger partial charge is 0.463 e. The van der Waals surface area contributed by atoms with Gasteiger partial charge in [-0.25, -0.2) is 19.2 Å². The highest BCUT2D eigenvalue weighted by molar-refractivity contribution is 9.09. The van der Waals surface area contributed by atoms with Crippen molar-refractivity contribution < 1.29 is 81.0 Å². The Kier molecular flexibility index (Phi) is 15.5. The fourth-order valence-corrected chi connectivity index (χ4v) is 10.5. The van der Waals surface area contributed by atoms with E-state index in [0.717, 1.165) is 16.7 Å². The van der Waals surface area contributed by atoms with Gasteiger partial charge in [-0.2, -0.15) is 0 Å². The lowest BCUT2D eigenvalue weighted by Crippen LogP contribution is -2.68. The van der Waals surface area contributed by atoms with Gasteiger partial charge in [-0.3, -0.25) is 33.8 Å². The van der Waals surface area contributed by atoms with Gasteiger partial charge in [-0.05, 0) is 72.8 Å². The molecule has 4 heterocycles. The van der Waals surface area contributed by atoms with Crippen LogP contribution in [0.4, 0.5) is 0 Å². The lowest BCUT2D eigenvalue weighted by atomic mass is 9.94. The highest BCUT2D eigenvalue weighted by atomic mass is 79.9. The molecule has 396 valence electrons. The van der Waals surface area contributed by atoms with E-state index in [4.69, 9.17) is 37.9 Å². The van der Waals surface area contributed by atoms with E-state index in [-0.39, 0.29) is 44.5 Å². The van der Waals surface area contributed by atoms with Gasteiger partial charge in [0.05, 0.1) is 51.1 Å². The molecule has 6 aromatic carbocycles. The van der Waals surface area contributed by atoms with Crippen LogP contribution in [-0.4, -0.2) is 136 Å². The number of hydrogen-bond donors (Lipinski definition) is 0. The van der Waals surface area contributed by atoms with Crippen LogP contribution in [0.15, 0.2) is 170 Å². The molecule has 6 aromatic rings. The zero-order valence-electron chi connectivity index (χ0n) is 41.1. The van der Waals surface area contributed by atoms with Crippen molar-refractivity contribution in [2.45, 2.75) is 66.9 Å². The average Bonchev–Trinajstić information content (AvgIpc) is 4.02. The summed E-state index contributed by atoms with van der Waals surface area (Å²) >= 11 is 3.51. The molecule has 0 saturated carbocycles. The Morgan fingerprint density at radius 3 is 1.09 bits per heavy atom. The zero-order valence-corrected chi connectivity index (χ0v) is 42.7. The molecule has 2 fully saturated rings. The molecule has 4 amide bonds. The number of rotatable bonds is 15. The van der Waals surface area contributed by atoms with E-state index in [1.54, 1.807) is 84.9 Å². The number of carbonyl (C=O) groups is 9. The van der Waals surface area contributed by atoms with Gasteiger partial charge >= 0.3 is 29.8 Å². The topological polar surface area (TPSA) is 234 Å². The van der Waals surface area contributed by atoms with E-state index in [1.807, 2.05) is 0 Å². The predicted molar refractivity (Wildman–Crippen MR) is 273 cm³/mol. The standard InChI is InChI=1S/C58H45BrN2O17/c1-32(62)71-30-42-46(76-55(68)34-20-8-3-9-21-34)48(78-57(70)36-24-12-5-13-25-36)44(61-52(65)39-28-16-17-29-40(39)53(61)66)58(74-42)72-31-41-45(75-54(67)33-18-6-2-7-19-33)47(77-56(69)35-22-10-4-11-23-35)43(49(59)73-41)60-50(63)37-26-14-15-27-38(37)51(60)64/h2-29,41-49,58H,30-31H2,1H3. The van der Waals surface area contributed by atoms with E-state index in [2.05, 4.69) is 15.9 Å². The molecular formula is C58H45BrN2O17. The number of nitrogens with zero attached hydrogens (tertiary/aromatic N) is 2. The SMILES string of the molecule is CC(=O)OCC1OC(OCC2OC(Br)C(N3C(=O)c4ccccc4C3=O)C(OC(=O)c3ccccc3)C2OC(=O)c2ccccc2)C(N2C(=O)c3ccccc3C2=O)C(OC(=O)c2ccccc2)C1OC(=O)c1ccccc1. The lowest BCUT2D eigenvalue weighted by Gasteiger charge is -2.48. The number of fused-ring (bicyclic) bond motifs is 2. The normalized spacial score (nSPS) is 24.4. The van der Waals surface area contributed by atoms with Gasteiger partial charge in [0.15, 0.2) is 30.7 Å². The molecule has 4 aliphatic rings. The van der Waals surface area contributed by atoms with Crippen LogP contribution in [0.25, 0.3) is 0 Å². The molecule has 2 saturated heterocycles. The maximum absolute atomic E-state index is 14.7. The van der Waals surface area contributed by atoms with Crippen LogP contribution >= 0.6 is 15.9 Å². The number of carbonyl (C=O) groups excluding carboxylic acids is 9. The molecule has 0 aromatic heterocycles. The van der Waals surface area contributed by atoms with Crippen molar-refractivity contribution in [3.8, 4) is 0 Å². The van der Waals surface area contributed by atoms with Crippen LogP contribution in [0, 0.1) is 0 Å². The van der Waals surface area contributed by atoms with Crippen molar-refractivity contribution >= 4 is 69.4 Å². The number of ether oxygens (including phenoxy) is 8. The van der Waals surface area contributed by atoms with Crippen molar-refractivity contribution in [3.05, 3.63) is 214 Å². The summed E-state index contributed by atoms with van der Waals surface area (Å²) in [6, 6.07) is 39.5. The van der Waals surface area contributed by atoms with Crippen LogP contribution in [0.2, 0.25) is 0 Å². The number of benzene rings is 6. The first-order chi connectivity index (χ1) is 37.8. The van der Waals surface area contributed by atoms with Gasteiger partial charge in [-0.15, -0.1) is 0 Å². The second kappa shape index (κ2) is 22.9. The second-order valence-electron chi connectivity index (χ2n) is 18.2. The van der Waals surface area contributed by atoms with Gasteiger partial charge in [0.25, 0.3) is 23.6 Å². The third-order valence-electron chi connectivity index (χ3n) is 13.3. The Morgan fingerprint density at radius 1 is 0.423 bits per heavy atom. The highest BCUT2D eigenvalue weighted by Crippen LogP contribution is 2.40. The van der Waals surface area contributed by atoms with Crippen LogP contribution in [-0.2, 0) is 42.7 Å². The molecular weight excluding hydrogens is 1080 g/mol. The molecule has 0 aliphatic carbocycles. The van der Waals surface area contributed by atoms with Crippen molar-refractivity contribution in [2.24, 2.45) is 0 Å². The van der Waals surface area contributed by atoms with Crippen LogP contribution in [0.3, 0.4) is 0 Å². The summed E-state index contributed by atoms with van der Waals surface area (Å²) in [5, 5.41) is -1.41. The molecule has 19 nitrogen and oxygen atoms in total. The van der Waals surface area contributed by atoms with Crippen molar-refractivity contribution in [3.63, 3.8) is 0 Å². The van der Waals surface area contributed by atoms with Gasteiger partial charge in [0.2, 0.25) is 0 Å². The number of amides is 4. The summed E-state index contributed by atoms with van der Waals surface area (Å²) in [5.41, 5.74) is 0.162. The third-order valence-corrected chi connectivity index (χ3v) is 14.1. The van der Waals surface area contributed by atoms with Gasteiger partial charge in [0, 0.05) is 6.92 Å². The molecule has 0 bridgehead atoms. The first-order valence-corrected chi connectivity index (χ1v) is 25.4. The molecule has 0 N–H and O–H groups in total. The van der Waals surface area contributed by atoms with Gasteiger partial charge in [0.1, 0.15) is 35.9 Å². The Labute approximate surface area is 452 Å². The number of hydrogen-bond acceptors (Lipinski definition) is 17. The van der Waals surface area contributed by atoms with Crippen molar-refractivity contribution in [1.82, 2.24) is 9.80 Å². The summed E-state index contributed by atoms with van der Waals surface area (Å²) in [6.45, 7) is -0.321. The lowest BCUT2D eigenvalue weighted by molar-refractivity contribution is -0.290. The smallest absolute Gasteiger partial charge is 0.338 e. The van der Waals surface area contributed by atoms with E-state index < -0.39 is 127 Å². The van der Waals surface area contributed by atoms with Crippen LogP contribution < -0.4 is 0 Å². The fourth-order valence-electron chi connectivity index (χ4n) is 9.68. The summed E-state index contributed by atoms with van der Waals surface area (Å²) < 4.78 is 50.1. The highest BCUT2D eigenvalue weighted by Gasteiger charge is 2.60. The minimum Gasteiger partial charge on any atom is -0.463 e. The number of halogens is 1. The van der Waals surface area contributed by atoms with Crippen molar-refractivity contribution in [2.75, 3.05) is 13.2 Å². The third kappa shape index (κ3) is 10.6. The van der Waals surface area contributed by atoms with Gasteiger partial charge < -0.3 is 37.9 Å². The molecule has 20 heteroatoms. The summed E-state index contributed by atoms with van der Waals surface area (Å²) in [7, 11) is 0. The van der Waals surface area contributed by atoms with Crippen LogP contribution in [0.5, 0.6) is 0 Å². The first kappa shape index (κ1) is 52.7. The average molecular weight is 1120 g/mol. The summed E-state index contributed by atoms with van der Waals surface area (Å²) in [4.78, 5) is 129. The Hall–Kier alpha value is -8.69. The summed E-state index contributed by atoms with van der Waals surface area (Å²) in [6.07, 6.45) is -12.2. The Morgan fingerprint density at radius 2 is 0.731 bits per heavy atom. The molecule has 10 atom stereocenters. The molecule has 10 unspecified atom stereocenters. The molecule has 4 aliphatic heterocycles. The Bertz CT molecular complexity index is 3220. The van der Waals surface area contributed by atoms with Crippen molar-refractivity contribution in [1.29, 1.82) is 0 Å². The maximum Gasteiger partial charge on any atom is 0.338 e. The minimum atomic E-state index is -1.92. The van der Waals surface area contributed by atoms with E-state index in [0.29, 0.717) is 0 Å². The molecule has 78 heavy (non-hydrogen) atoms. The molecule has 0 radical (unpaired) electrons. The minimum absolute atomic E-state index is 0.0120.